The van der Waals surface area contributed by atoms with Crippen molar-refractivity contribution in [1.29, 1.82) is 0 Å². The first-order valence-corrected chi connectivity index (χ1v) is 21.2. The predicted octanol–water partition coefficient (Wildman–Crippen LogP) is 5.42. The van der Waals surface area contributed by atoms with Gasteiger partial charge in [0.05, 0.1) is 36.3 Å². The summed E-state index contributed by atoms with van der Waals surface area (Å²) >= 11 is 0. The SMILES string of the molecule is Cc1cc2cc(C(=O)O)cc(OC3OC(CO)C4(CC5C6=C(CC=C6C6(CCCO)COCC7CCCC5C76)CO4)C(O)C3O)c2c(O)c1C(=O)CCc1ccccc1. The zero-order chi connectivity index (χ0) is 41.2. The minimum atomic E-state index is -1.72. The Morgan fingerprint density at radius 3 is 2.63 bits per heavy atom. The van der Waals surface area contributed by atoms with Crippen LogP contribution in [0.4, 0.5) is 0 Å². The van der Waals surface area contributed by atoms with E-state index < -0.39 is 48.5 Å². The van der Waals surface area contributed by atoms with Crippen LogP contribution >= 0.6 is 0 Å². The van der Waals surface area contributed by atoms with Gasteiger partial charge in [0, 0.05) is 25.0 Å². The van der Waals surface area contributed by atoms with Crippen LogP contribution in [0.15, 0.2) is 71.3 Å². The van der Waals surface area contributed by atoms with E-state index in [9.17, 15) is 40.2 Å². The van der Waals surface area contributed by atoms with Crippen molar-refractivity contribution in [2.45, 2.75) is 94.9 Å². The molecule has 0 aromatic heterocycles. The van der Waals surface area contributed by atoms with Crippen molar-refractivity contribution in [2.75, 3.05) is 33.0 Å². The highest BCUT2D eigenvalue weighted by Gasteiger charge is 2.65. The van der Waals surface area contributed by atoms with Gasteiger partial charge in [0.2, 0.25) is 6.29 Å². The molecule has 3 aliphatic carbocycles. The van der Waals surface area contributed by atoms with Crippen molar-refractivity contribution in [3.8, 4) is 11.5 Å². The van der Waals surface area contributed by atoms with Gasteiger partial charge in [0.25, 0.3) is 0 Å². The van der Waals surface area contributed by atoms with E-state index in [4.69, 9.17) is 18.9 Å². The molecule has 12 heteroatoms. The summed E-state index contributed by atoms with van der Waals surface area (Å²) in [6.07, 6.45) is 2.32. The van der Waals surface area contributed by atoms with Crippen LogP contribution in [0.5, 0.6) is 11.5 Å². The summed E-state index contributed by atoms with van der Waals surface area (Å²) in [5.74, 6) is -1.29. The summed E-state index contributed by atoms with van der Waals surface area (Å²) in [5.41, 5.74) is 3.19. The number of ether oxygens (including phenoxy) is 4. The number of phenolic OH excluding ortho intramolecular Hbond substituents is 1. The lowest BCUT2D eigenvalue weighted by Crippen LogP contribution is -2.69. The number of phenols is 1. The molecule has 12 nitrogen and oxygen atoms in total. The van der Waals surface area contributed by atoms with Crippen LogP contribution < -0.4 is 4.74 Å². The molecule has 10 unspecified atom stereocenters. The second-order valence-electron chi connectivity index (χ2n) is 17.7. The molecular weight excluding hydrogens is 757 g/mol. The predicted molar refractivity (Wildman–Crippen MR) is 215 cm³/mol. The van der Waals surface area contributed by atoms with E-state index in [0.29, 0.717) is 55.3 Å². The topological polar surface area (TPSA) is 192 Å². The highest BCUT2D eigenvalue weighted by molar-refractivity contribution is 6.09. The Morgan fingerprint density at radius 1 is 1.05 bits per heavy atom. The number of ketones is 1. The first kappa shape index (κ1) is 40.3. The monoisotopic (exact) mass is 810 g/mol. The van der Waals surface area contributed by atoms with E-state index in [1.165, 1.54) is 23.3 Å². The number of rotatable bonds is 11. The van der Waals surface area contributed by atoms with Gasteiger partial charge >= 0.3 is 5.97 Å². The molecule has 6 N–H and O–H groups in total. The second kappa shape index (κ2) is 15.7. The molecule has 3 aromatic carbocycles. The third-order valence-electron chi connectivity index (χ3n) is 14.6. The van der Waals surface area contributed by atoms with E-state index in [2.05, 4.69) is 6.08 Å². The van der Waals surface area contributed by atoms with Crippen LogP contribution in [0.3, 0.4) is 0 Å². The number of hydrogen-bond donors (Lipinski definition) is 6. The van der Waals surface area contributed by atoms with Gasteiger partial charge in [0.15, 0.2) is 5.78 Å². The van der Waals surface area contributed by atoms with E-state index in [1.807, 2.05) is 30.3 Å². The number of benzene rings is 3. The van der Waals surface area contributed by atoms with Crippen LogP contribution in [0.25, 0.3) is 10.8 Å². The molecule has 4 fully saturated rings. The summed E-state index contributed by atoms with van der Waals surface area (Å²) in [4.78, 5) is 26.0. The van der Waals surface area contributed by atoms with Crippen molar-refractivity contribution in [2.24, 2.45) is 29.1 Å². The fourth-order valence-electron chi connectivity index (χ4n) is 12.2. The number of aliphatic hydroxyl groups excluding tert-OH is 4. The van der Waals surface area contributed by atoms with Crippen LogP contribution in [-0.4, -0.2) is 106 Å². The molecule has 0 radical (unpaired) electrons. The summed E-state index contributed by atoms with van der Waals surface area (Å²) in [7, 11) is 0. The van der Waals surface area contributed by atoms with Crippen LogP contribution in [-0.2, 0) is 20.6 Å². The number of carbonyl (C=O) groups is 2. The van der Waals surface area contributed by atoms with Crippen molar-refractivity contribution < 1.29 is 59.2 Å². The molecule has 3 aliphatic heterocycles. The Bertz CT molecular complexity index is 2190. The maximum absolute atomic E-state index is 13.7. The minimum absolute atomic E-state index is 0.0411. The van der Waals surface area contributed by atoms with Crippen LogP contribution in [0.2, 0.25) is 0 Å². The molecule has 0 bridgehead atoms. The maximum atomic E-state index is 13.7. The van der Waals surface area contributed by atoms with Gasteiger partial charge in [0.1, 0.15) is 35.4 Å². The zero-order valence-corrected chi connectivity index (χ0v) is 33.3. The fourth-order valence-corrected chi connectivity index (χ4v) is 12.2. The van der Waals surface area contributed by atoms with Gasteiger partial charge in [-0.25, -0.2) is 4.79 Å². The molecule has 1 spiro atoms. The number of allylic oxidation sites excluding steroid dienone is 2. The zero-order valence-electron chi connectivity index (χ0n) is 33.3. The number of hydrogen-bond acceptors (Lipinski definition) is 11. The van der Waals surface area contributed by atoms with E-state index >= 15 is 0 Å². The Kier molecular flexibility index (Phi) is 10.7. The molecule has 0 amide bonds. The molecular formula is C47H54O12. The lowest BCUT2D eigenvalue weighted by atomic mass is 9.46. The van der Waals surface area contributed by atoms with Gasteiger partial charge in [-0.1, -0.05) is 48.9 Å². The average Bonchev–Trinajstić information content (AvgIpc) is 3.60. The molecule has 3 heterocycles. The van der Waals surface area contributed by atoms with Crippen molar-refractivity contribution in [1.82, 2.24) is 0 Å². The van der Waals surface area contributed by atoms with Gasteiger partial charge < -0.3 is 49.6 Å². The van der Waals surface area contributed by atoms with Gasteiger partial charge in [-0.3, -0.25) is 4.79 Å². The number of aliphatic hydroxyl groups is 4. The van der Waals surface area contributed by atoms with Gasteiger partial charge in [-0.15, -0.1) is 0 Å². The fraction of sp³-hybridized carbons (Fsp3) is 0.532. The number of aryl methyl sites for hydroxylation is 2. The standard InChI is InChI=1S/C47H54O12/c1-25-17-29-18-30(44(54)55)19-35(39(29)41(51)37(25)34(50)14-11-26-7-3-2-4-8-26)58-45-42(52)43(53)47(36(21-49)59-45)20-32-31-10-5-9-28-22-56-24-46(40(28)31,15-6-16-48)33-13-12-27(23-57-47)38(32)33/h2-4,7-8,13,17-19,28,31-32,36,40,42-43,45,48-49,51-53H,5-6,9-12,14-16,20-24H2,1H3,(H,54,55). The molecule has 2 saturated heterocycles. The van der Waals surface area contributed by atoms with Gasteiger partial charge in [-0.2, -0.15) is 0 Å². The molecule has 9 rings (SSSR count). The third kappa shape index (κ3) is 6.54. The summed E-state index contributed by atoms with van der Waals surface area (Å²) in [6, 6.07) is 13.7. The molecule has 59 heavy (non-hydrogen) atoms. The van der Waals surface area contributed by atoms with Crippen molar-refractivity contribution >= 4 is 22.5 Å². The Balaban J connectivity index is 1.04. The first-order chi connectivity index (χ1) is 28.5. The molecule has 6 aliphatic rings. The summed E-state index contributed by atoms with van der Waals surface area (Å²) in [6.45, 7) is 2.66. The maximum Gasteiger partial charge on any atom is 0.335 e. The lowest BCUT2D eigenvalue weighted by Gasteiger charge is -2.61. The Hall–Kier alpha value is -4.14. The number of aromatic carboxylic acids is 1. The molecule has 3 aromatic rings. The van der Waals surface area contributed by atoms with E-state index in [1.54, 1.807) is 13.0 Å². The Morgan fingerprint density at radius 2 is 1.86 bits per heavy atom. The molecule has 2 saturated carbocycles. The van der Waals surface area contributed by atoms with Crippen molar-refractivity contribution in [3.63, 3.8) is 0 Å². The smallest absolute Gasteiger partial charge is 0.335 e. The average molecular weight is 811 g/mol. The normalized spacial score (nSPS) is 33.6. The van der Waals surface area contributed by atoms with Crippen molar-refractivity contribution in [3.05, 3.63) is 93.6 Å². The second-order valence-corrected chi connectivity index (χ2v) is 17.7. The van der Waals surface area contributed by atoms with E-state index in [-0.39, 0.29) is 71.4 Å². The number of carboxylic acids is 1. The third-order valence-corrected chi connectivity index (χ3v) is 14.6. The van der Waals surface area contributed by atoms with Crippen LogP contribution in [0, 0.1) is 36.0 Å². The van der Waals surface area contributed by atoms with Gasteiger partial charge in [-0.05, 0) is 121 Å². The number of aromatic hydroxyl groups is 1. The highest BCUT2D eigenvalue weighted by atomic mass is 16.7. The quantitative estimate of drug-likeness (QED) is 0.135. The molecule has 10 atom stereocenters. The van der Waals surface area contributed by atoms with E-state index in [0.717, 1.165) is 36.8 Å². The van der Waals surface area contributed by atoms with Crippen LogP contribution in [0.1, 0.15) is 83.2 Å². The first-order valence-electron chi connectivity index (χ1n) is 21.2. The number of carbonyl (C=O) groups excluding carboxylic acids is 1. The minimum Gasteiger partial charge on any atom is -0.506 e. The summed E-state index contributed by atoms with van der Waals surface area (Å²) in [5, 5.41) is 67.5. The lowest BCUT2D eigenvalue weighted by molar-refractivity contribution is -0.326. The largest absolute Gasteiger partial charge is 0.506 e. The number of Topliss-reactive ketones (excluding diaryl/α,β-unsaturated/α-hetero) is 1. The number of carboxylic acid groups (broad SMARTS) is 1. The summed E-state index contributed by atoms with van der Waals surface area (Å²) < 4.78 is 25.8. The molecule has 314 valence electrons. The number of fused-ring (bicyclic) bond motifs is 3. The highest BCUT2D eigenvalue weighted by Crippen LogP contribution is 2.67. The Labute approximate surface area is 343 Å².